The van der Waals surface area contributed by atoms with Crippen LogP contribution in [0.2, 0.25) is 0 Å². The van der Waals surface area contributed by atoms with Crippen LogP contribution < -0.4 is 24.8 Å². The number of ether oxygens (including phenoxy) is 3. The Morgan fingerprint density at radius 3 is 2.49 bits per heavy atom. The van der Waals surface area contributed by atoms with E-state index >= 15 is 0 Å². The van der Waals surface area contributed by atoms with E-state index in [0.29, 0.717) is 58.8 Å². The molecule has 10 heteroatoms. The Kier molecular flexibility index (Phi) is 7.21. The van der Waals surface area contributed by atoms with Gasteiger partial charge in [-0.1, -0.05) is 6.07 Å². The van der Waals surface area contributed by atoms with E-state index in [2.05, 4.69) is 20.7 Å². The van der Waals surface area contributed by atoms with E-state index in [0.717, 1.165) is 5.56 Å². The molecule has 0 saturated heterocycles. The van der Waals surface area contributed by atoms with Gasteiger partial charge in [0, 0.05) is 24.4 Å². The predicted octanol–water partition coefficient (Wildman–Crippen LogP) is 3.16. The quantitative estimate of drug-likeness (QED) is 0.428. The molecule has 3 aromatic rings. The van der Waals surface area contributed by atoms with Gasteiger partial charge in [-0.2, -0.15) is 10.1 Å². The molecule has 1 aromatic heterocycles. The second-order valence-electron chi connectivity index (χ2n) is 7.99. The molecule has 3 N–H and O–H groups in total. The van der Waals surface area contributed by atoms with Crippen molar-refractivity contribution in [2.24, 2.45) is 0 Å². The summed E-state index contributed by atoms with van der Waals surface area (Å²) in [7, 11) is 4.73. The van der Waals surface area contributed by atoms with Crippen LogP contribution in [0.5, 0.6) is 17.2 Å². The lowest BCUT2D eigenvalue weighted by Crippen LogP contribution is -2.31. The molecule has 0 fully saturated rings. The molecule has 0 saturated carbocycles. The van der Waals surface area contributed by atoms with E-state index in [-0.39, 0.29) is 12.5 Å². The van der Waals surface area contributed by atoms with Crippen LogP contribution in [0.15, 0.2) is 53.7 Å². The molecular formula is C25H29N5O5. The summed E-state index contributed by atoms with van der Waals surface area (Å²) in [4.78, 5) is 18.2. The van der Waals surface area contributed by atoms with Crippen molar-refractivity contribution in [1.29, 1.82) is 0 Å². The van der Waals surface area contributed by atoms with Crippen molar-refractivity contribution in [2.45, 2.75) is 25.8 Å². The number of fused-ring (bicyclic) bond motifs is 1. The third-order valence-corrected chi connectivity index (χ3v) is 5.77. The largest absolute Gasteiger partial charge is 0.497 e. The number of carbonyl (C=O) groups excluding carboxylic acids is 1. The number of aromatic nitrogens is 3. The number of hydrogen-bond donors (Lipinski definition) is 3. The molecular weight excluding hydrogens is 450 g/mol. The van der Waals surface area contributed by atoms with Crippen LogP contribution in [0.1, 0.15) is 30.8 Å². The zero-order valence-corrected chi connectivity index (χ0v) is 20.2. The van der Waals surface area contributed by atoms with Crippen LogP contribution in [0.4, 0.5) is 11.6 Å². The highest BCUT2D eigenvalue weighted by molar-refractivity contribution is 6.06. The molecule has 1 aliphatic heterocycles. The lowest BCUT2D eigenvalue weighted by Gasteiger charge is -2.29. The zero-order valence-electron chi connectivity index (χ0n) is 20.2. The summed E-state index contributed by atoms with van der Waals surface area (Å²) in [5.74, 6) is 2.64. The van der Waals surface area contributed by atoms with Crippen molar-refractivity contribution < 1.29 is 24.1 Å². The van der Waals surface area contributed by atoms with E-state index in [4.69, 9.17) is 14.2 Å². The average Bonchev–Trinajstić information content (AvgIpc) is 3.28. The molecule has 2 aromatic carbocycles. The van der Waals surface area contributed by atoms with E-state index in [1.165, 1.54) is 0 Å². The molecule has 10 nitrogen and oxygen atoms in total. The fourth-order valence-corrected chi connectivity index (χ4v) is 4.04. The molecule has 0 unspecified atom stereocenters. The molecule has 0 radical (unpaired) electrons. The number of anilines is 2. The van der Waals surface area contributed by atoms with Crippen LogP contribution in [0.25, 0.3) is 0 Å². The minimum absolute atomic E-state index is 0.0448. The highest BCUT2D eigenvalue weighted by atomic mass is 16.5. The maximum absolute atomic E-state index is 13.6. The van der Waals surface area contributed by atoms with Gasteiger partial charge in [0.1, 0.15) is 11.8 Å². The van der Waals surface area contributed by atoms with Gasteiger partial charge in [0.15, 0.2) is 17.3 Å². The number of nitrogens with one attached hydrogen (secondary N) is 2. The van der Waals surface area contributed by atoms with Gasteiger partial charge in [-0.05, 0) is 55.3 Å². The fourth-order valence-electron chi connectivity index (χ4n) is 4.04. The van der Waals surface area contributed by atoms with Crippen molar-refractivity contribution in [3.05, 3.63) is 65.1 Å². The maximum Gasteiger partial charge on any atom is 0.255 e. The van der Waals surface area contributed by atoms with Gasteiger partial charge in [0.25, 0.3) is 5.91 Å². The van der Waals surface area contributed by atoms with Gasteiger partial charge in [-0.25, -0.2) is 4.68 Å². The first-order chi connectivity index (χ1) is 17.0. The maximum atomic E-state index is 13.6. The first-order valence-corrected chi connectivity index (χ1v) is 11.2. The van der Waals surface area contributed by atoms with E-state index in [9.17, 15) is 9.90 Å². The predicted molar refractivity (Wildman–Crippen MR) is 131 cm³/mol. The van der Waals surface area contributed by atoms with Crippen molar-refractivity contribution >= 4 is 17.5 Å². The summed E-state index contributed by atoms with van der Waals surface area (Å²) in [5.41, 5.74) is 2.56. The number of benzene rings is 2. The number of allylic oxidation sites excluding steroid dienone is 1. The van der Waals surface area contributed by atoms with Crippen LogP contribution in [0, 0.1) is 0 Å². The van der Waals surface area contributed by atoms with Gasteiger partial charge < -0.3 is 30.0 Å². The van der Waals surface area contributed by atoms with Gasteiger partial charge in [0.05, 0.1) is 26.9 Å². The molecule has 1 aliphatic rings. The number of amides is 1. The standard InChI is InChI=1S/C25H29N5O5/c1-15-22(24(32)27-17-8-10-18(33-2)11-9-17)23(16-7-12-19(34-3)20(14-16)35-4)30-25(26-15)28-21(29-30)6-5-13-31/h7-12,14,23,31H,5-6,13H2,1-4H3,(H,27,32)(H,26,28,29)/t23-/m1/s1. The smallest absolute Gasteiger partial charge is 0.255 e. The topological polar surface area (TPSA) is 120 Å². The second kappa shape index (κ2) is 10.5. The molecule has 1 amide bonds. The van der Waals surface area contributed by atoms with Gasteiger partial charge in [0.2, 0.25) is 5.95 Å². The SMILES string of the molecule is COc1ccc(NC(=O)C2=C(C)Nc3nc(CCCO)nn3[C@@H]2c2ccc(OC)c(OC)c2)cc1. The fraction of sp³-hybridized carbons (Fsp3) is 0.320. The lowest BCUT2D eigenvalue weighted by molar-refractivity contribution is -0.113. The van der Waals surface area contributed by atoms with Gasteiger partial charge in [-0.15, -0.1) is 0 Å². The zero-order chi connectivity index (χ0) is 24.9. The van der Waals surface area contributed by atoms with Crippen molar-refractivity contribution in [3.63, 3.8) is 0 Å². The summed E-state index contributed by atoms with van der Waals surface area (Å²) < 4.78 is 17.8. The van der Waals surface area contributed by atoms with Crippen molar-refractivity contribution in [3.8, 4) is 17.2 Å². The number of hydrogen-bond acceptors (Lipinski definition) is 8. The van der Waals surface area contributed by atoms with Crippen LogP contribution >= 0.6 is 0 Å². The monoisotopic (exact) mass is 479 g/mol. The number of carbonyl (C=O) groups is 1. The Hall–Kier alpha value is -4.05. The van der Waals surface area contributed by atoms with E-state index < -0.39 is 6.04 Å². The van der Waals surface area contributed by atoms with Gasteiger partial charge in [-0.3, -0.25) is 4.79 Å². The molecule has 0 spiro atoms. The minimum atomic E-state index is -0.570. The Morgan fingerprint density at radius 2 is 1.83 bits per heavy atom. The summed E-state index contributed by atoms with van der Waals surface area (Å²) in [6.45, 7) is 1.88. The molecule has 2 heterocycles. The number of aryl methyl sites for hydroxylation is 1. The number of methoxy groups -OCH3 is 3. The normalized spacial score (nSPS) is 14.7. The third-order valence-electron chi connectivity index (χ3n) is 5.77. The molecule has 4 rings (SSSR count). The van der Waals surface area contributed by atoms with Crippen molar-refractivity contribution in [2.75, 3.05) is 38.6 Å². The van der Waals surface area contributed by atoms with E-state index in [1.54, 1.807) is 56.3 Å². The molecule has 0 bridgehead atoms. The highest BCUT2D eigenvalue weighted by Gasteiger charge is 2.34. The average molecular weight is 480 g/mol. The number of aliphatic hydroxyl groups is 1. The molecule has 184 valence electrons. The first kappa shape index (κ1) is 24.1. The number of rotatable bonds is 9. The Labute approximate surface area is 203 Å². The molecule has 0 aliphatic carbocycles. The lowest BCUT2D eigenvalue weighted by atomic mass is 9.94. The number of aliphatic hydroxyl groups excluding tert-OH is 1. The van der Waals surface area contributed by atoms with E-state index in [1.807, 2.05) is 19.1 Å². The number of nitrogens with zero attached hydrogens (tertiary/aromatic N) is 3. The summed E-state index contributed by atoms with van der Waals surface area (Å²) in [6.07, 6.45) is 1.06. The Bertz CT molecular complexity index is 1240. The van der Waals surface area contributed by atoms with Gasteiger partial charge >= 0.3 is 0 Å². The third kappa shape index (κ3) is 4.92. The summed E-state index contributed by atoms with van der Waals surface area (Å²) in [5, 5.41) is 20.1. The Balaban J connectivity index is 1.77. The van der Waals surface area contributed by atoms with Crippen LogP contribution in [-0.4, -0.2) is 53.7 Å². The Morgan fingerprint density at radius 1 is 1.09 bits per heavy atom. The molecule has 35 heavy (non-hydrogen) atoms. The first-order valence-electron chi connectivity index (χ1n) is 11.2. The van der Waals surface area contributed by atoms with Crippen LogP contribution in [0.3, 0.4) is 0 Å². The minimum Gasteiger partial charge on any atom is -0.497 e. The van der Waals surface area contributed by atoms with Crippen LogP contribution in [-0.2, 0) is 11.2 Å². The summed E-state index contributed by atoms with van der Waals surface area (Å²) in [6, 6.07) is 12.1. The second-order valence-corrected chi connectivity index (χ2v) is 7.99. The van der Waals surface area contributed by atoms with Crippen molar-refractivity contribution in [1.82, 2.24) is 14.8 Å². The summed E-state index contributed by atoms with van der Waals surface area (Å²) >= 11 is 0. The highest BCUT2D eigenvalue weighted by Crippen LogP contribution is 2.39. The molecule has 1 atom stereocenters.